The highest BCUT2D eigenvalue weighted by molar-refractivity contribution is 9.10. The summed E-state index contributed by atoms with van der Waals surface area (Å²) in [4.78, 5) is 0.352. The maximum atomic E-state index is 12.7. The number of aryl methyl sites for hydroxylation is 2. The first kappa shape index (κ1) is 18.7. The summed E-state index contributed by atoms with van der Waals surface area (Å²) >= 11 is 3.43. The van der Waals surface area contributed by atoms with Gasteiger partial charge in [-0.05, 0) is 62.8 Å². The van der Waals surface area contributed by atoms with Crippen LogP contribution in [0.2, 0.25) is 0 Å². The molecule has 0 atom stereocenters. The van der Waals surface area contributed by atoms with Gasteiger partial charge in [-0.1, -0.05) is 36.7 Å². The number of hydrogen-bond acceptors (Lipinski definition) is 2. The lowest BCUT2D eigenvalue weighted by atomic mass is 9.82. The van der Waals surface area contributed by atoms with Crippen LogP contribution in [0.1, 0.15) is 52.2 Å². The summed E-state index contributed by atoms with van der Waals surface area (Å²) in [5, 5.41) is 0. The molecule has 0 unspecified atom stereocenters. The van der Waals surface area contributed by atoms with E-state index in [1.807, 2.05) is 33.8 Å². The summed E-state index contributed by atoms with van der Waals surface area (Å²) < 4.78 is 29.2. The molecule has 1 aromatic carbocycles. The van der Waals surface area contributed by atoms with E-state index in [-0.39, 0.29) is 5.41 Å². The molecule has 1 N–H and O–H groups in total. The Labute approximate surface area is 137 Å². The van der Waals surface area contributed by atoms with E-state index in [0.717, 1.165) is 22.0 Å². The molecule has 0 fully saturated rings. The van der Waals surface area contributed by atoms with Gasteiger partial charge in [0.05, 0.1) is 4.90 Å². The number of halogens is 1. The van der Waals surface area contributed by atoms with Crippen LogP contribution < -0.4 is 4.72 Å². The lowest BCUT2D eigenvalue weighted by molar-refractivity contribution is 0.269. The van der Waals surface area contributed by atoms with Gasteiger partial charge in [-0.15, -0.1) is 0 Å². The average molecular weight is 376 g/mol. The Morgan fingerprint density at radius 1 is 1.05 bits per heavy atom. The van der Waals surface area contributed by atoms with Crippen molar-refractivity contribution in [1.82, 2.24) is 4.72 Å². The molecule has 0 saturated carbocycles. The topological polar surface area (TPSA) is 46.2 Å². The highest BCUT2D eigenvalue weighted by Crippen LogP contribution is 2.30. The molecule has 0 bridgehead atoms. The second-order valence-electron chi connectivity index (χ2n) is 7.59. The normalized spacial score (nSPS) is 13.5. The molecule has 0 saturated heterocycles. The lowest BCUT2D eigenvalue weighted by Crippen LogP contribution is -2.45. The first-order chi connectivity index (χ1) is 9.23. The fourth-order valence-corrected chi connectivity index (χ4v) is 5.01. The van der Waals surface area contributed by atoms with E-state index in [1.165, 1.54) is 0 Å². The van der Waals surface area contributed by atoms with Gasteiger partial charge in [-0.25, -0.2) is 13.1 Å². The highest BCUT2D eigenvalue weighted by Gasteiger charge is 2.31. The molecule has 0 aliphatic heterocycles. The predicted molar refractivity (Wildman–Crippen MR) is 92.1 cm³/mol. The van der Waals surface area contributed by atoms with Gasteiger partial charge >= 0.3 is 0 Å². The van der Waals surface area contributed by atoms with E-state index in [9.17, 15) is 8.42 Å². The van der Waals surface area contributed by atoms with Crippen LogP contribution in [0.25, 0.3) is 0 Å². The van der Waals surface area contributed by atoms with Gasteiger partial charge in [0.1, 0.15) is 0 Å². The monoisotopic (exact) mass is 375 g/mol. The van der Waals surface area contributed by atoms with E-state index < -0.39 is 15.6 Å². The summed E-state index contributed by atoms with van der Waals surface area (Å²) in [5.74, 6) is 0. The molecule has 1 rings (SSSR count). The van der Waals surface area contributed by atoms with E-state index in [2.05, 4.69) is 41.4 Å². The van der Waals surface area contributed by atoms with Crippen molar-refractivity contribution in [2.24, 2.45) is 5.41 Å². The largest absolute Gasteiger partial charge is 0.241 e. The van der Waals surface area contributed by atoms with Crippen molar-refractivity contribution in [2.45, 2.75) is 65.3 Å². The first-order valence-corrected chi connectivity index (χ1v) is 9.32. The number of benzene rings is 1. The fraction of sp³-hybridized carbons (Fsp3) is 0.625. The van der Waals surface area contributed by atoms with Crippen LogP contribution in [-0.4, -0.2) is 14.0 Å². The third kappa shape index (κ3) is 5.38. The van der Waals surface area contributed by atoms with Gasteiger partial charge in [-0.2, -0.15) is 0 Å². The molecule has 1 aromatic rings. The zero-order valence-corrected chi connectivity index (χ0v) is 16.4. The Kier molecular flexibility index (Phi) is 5.34. The van der Waals surface area contributed by atoms with Crippen molar-refractivity contribution in [2.75, 3.05) is 0 Å². The van der Waals surface area contributed by atoms with E-state index in [4.69, 9.17) is 0 Å². The maximum absolute atomic E-state index is 12.7. The van der Waals surface area contributed by atoms with Crippen LogP contribution in [0.4, 0.5) is 0 Å². The summed E-state index contributed by atoms with van der Waals surface area (Å²) in [6, 6.07) is 3.57. The van der Waals surface area contributed by atoms with E-state index in [0.29, 0.717) is 4.90 Å². The summed E-state index contributed by atoms with van der Waals surface area (Å²) in [7, 11) is -3.53. The lowest BCUT2D eigenvalue weighted by Gasteiger charge is -2.33. The van der Waals surface area contributed by atoms with Gasteiger partial charge in [0.2, 0.25) is 10.0 Å². The minimum absolute atomic E-state index is 0.0523. The predicted octanol–water partition coefficient (Wildman–Crippen LogP) is 4.56. The second kappa shape index (κ2) is 6.01. The number of hydrogen-bond donors (Lipinski definition) is 1. The molecular weight excluding hydrogens is 350 g/mol. The minimum Gasteiger partial charge on any atom is -0.207 e. The molecule has 3 nitrogen and oxygen atoms in total. The SMILES string of the molecule is Cc1cc(S(=O)(=O)NC(C)(C)CC(C)(C)C)c(C)cc1Br. The Morgan fingerprint density at radius 3 is 2.05 bits per heavy atom. The minimum atomic E-state index is -3.53. The smallest absolute Gasteiger partial charge is 0.207 e. The zero-order valence-electron chi connectivity index (χ0n) is 14.0. The number of rotatable bonds is 4. The summed E-state index contributed by atoms with van der Waals surface area (Å²) in [6.45, 7) is 13.9. The Hall–Kier alpha value is -0.390. The maximum Gasteiger partial charge on any atom is 0.241 e. The van der Waals surface area contributed by atoms with Crippen LogP contribution in [-0.2, 0) is 10.0 Å². The molecule has 5 heteroatoms. The number of sulfonamides is 1. The van der Waals surface area contributed by atoms with Crippen molar-refractivity contribution in [3.05, 3.63) is 27.7 Å². The Bertz CT molecular complexity index is 628. The molecule has 0 spiro atoms. The van der Waals surface area contributed by atoms with Gasteiger partial charge in [-0.3, -0.25) is 0 Å². The van der Waals surface area contributed by atoms with E-state index >= 15 is 0 Å². The Balaban J connectivity index is 3.16. The van der Waals surface area contributed by atoms with Gasteiger partial charge in [0, 0.05) is 10.0 Å². The van der Waals surface area contributed by atoms with Crippen LogP contribution >= 0.6 is 15.9 Å². The van der Waals surface area contributed by atoms with Crippen molar-refractivity contribution < 1.29 is 8.42 Å². The van der Waals surface area contributed by atoms with Crippen LogP contribution in [0.15, 0.2) is 21.5 Å². The van der Waals surface area contributed by atoms with Crippen molar-refractivity contribution in [3.8, 4) is 0 Å². The molecule has 0 aromatic heterocycles. The summed E-state index contributed by atoms with van der Waals surface area (Å²) in [6.07, 6.45) is 0.758. The fourth-order valence-electron chi connectivity index (χ4n) is 2.82. The standard InChI is InChI=1S/C16H26BrNO2S/c1-11-9-14(12(2)8-13(11)17)21(19,20)18-16(6,7)10-15(3,4)5/h8-9,18H,10H2,1-7H3. The molecule has 120 valence electrons. The Morgan fingerprint density at radius 2 is 1.57 bits per heavy atom. The molecule has 0 heterocycles. The molecule has 0 aliphatic carbocycles. The molecular formula is C16H26BrNO2S. The highest BCUT2D eigenvalue weighted by atomic mass is 79.9. The summed E-state index contributed by atoms with van der Waals surface area (Å²) in [5.41, 5.74) is 1.21. The first-order valence-electron chi connectivity index (χ1n) is 7.04. The molecule has 0 amide bonds. The van der Waals surface area contributed by atoms with Gasteiger partial charge < -0.3 is 0 Å². The molecule has 0 radical (unpaired) electrons. The van der Waals surface area contributed by atoms with Crippen LogP contribution in [0, 0.1) is 19.3 Å². The van der Waals surface area contributed by atoms with Crippen molar-refractivity contribution in [3.63, 3.8) is 0 Å². The van der Waals surface area contributed by atoms with Crippen LogP contribution in [0.5, 0.6) is 0 Å². The molecule has 0 aliphatic rings. The van der Waals surface area contributed by atoms with Crippen LogP contribution in [0.3, 0.4) is 0 Å². The van der Waals surface area contributed by atoms with Crippen molar-refractivity contribution >= 4 is 26.0 Å². The zero-order chi connectivity index (χ0) is 16.6. The quantitative estimate of drug-likeness (QED) is 0.837. The van der Waals surface area contributed by atoms with E-state index in [1.54, 1.807) is 6.07 Å². The van der Waals surface area contributed by atoms with Gasteiger partial charge in [0.25, 0.3) is 0 Å². The van der Waals surface area contributed by atoms with Crippen molar-refractivity contribution in [1.29, 1.82) is 0 Å². The third-order valence-corrected chi connectivity index (χ3v) is 5.82. The third-order valence-electron chi connectivity index (χ3n) is 3.13. The average Bonchev–Trinajstić information content (AvgIpc) is 2.17. The molecule has 21 heavy (non-hydrogen) atoms. The van der Waals surface area contributed by atoms with Gasteiger partial charge in [0.15, 0.2) is 0 Å². The second-order valence-corrected chi connectivity index (χ2v) is 10.1. The number of nitrogens with one attached hydrogen (secondary N) is 1.